The van der Waals surface area contributed by atoms with Crippen molar-refractivity contribution in [2.24, 2.45) is 5.10 Å². The van der Waals surface area contributed by atoms with Crippen molar-refractivity contribution in [3.05, 3.63) is 45.7 Å². The van der Waals surface area contributed by atoms with Crippen LogP contribution in [0.1, 0.15) is 23.9 Å². The molecule has 1 aromatic carbocycles. The van der Waals surface area contributed by atoms with Crippen LogP contribution in [-0.2, 0) is 14.3 Å². The number of thioether (sulfide) groups is 1. The molecule has 1 aromatic heterocycles. The predicted octanol–water partition coefficient (Wildman–Crippen LogP) is 3.04. The van der Waals surface area contributed by atoms with E-state index in [1.807, 2.05) is 19.9 Å². The van der Waals surface area contributed by atoms with E-state index in [0.29, 0.717) is 22.0 Å². The Hall–Kier alpha value is -2.46. The highest BCUT2D eigenvalue weighted by Gasteiger charge is 2.07. The summed E-state index contributed by atoms with van der Waals surface area (Å²) in [5.41, 5.74) is 4.93. The average Bonchev–Trinajstić information content (AvgIpc) is 2.65. The first-order chi connectivity index (χ1) is 13.9. The molecule has 10 heteroatoms. The number of carbonyl (C=O) groups excluding carboxylic acids is 2. The van der Waals surface area contributed by atoms with Gasteiger partial charge >= 0.3 is 5.97 Å². The number of ether oxygens (including phenoxy) is 2. The largest absolute Gasteiger partial charge is 0.481 e. The lowest BCUT2D eigenvalue weighted by molar-refractivity contribution is -0.145. The Labute approximate surface area is 181 Å². The summed E-state index contributed by atoms with van der Waals surface area (Å²) in [5.74, 6) is -0.0340. The van der Waals surface area contributed by atoms with Crippen LogP contribution in [-0.4, -0.2) is 47.0 Å². The molecule has 0 radical (unpaired) electrons. The third-order valence-electron chi connectivity index (χ3n) is 3.30. The third kappa shape index (κ3) is 8.20. The first-order valence-corrected chi connectivity index (χ1v) is 10.5. The molecule has 0 unspecified atom stereocenters. The van der Waals surface area contributed by atoms with Crippen molar-refractivity contribution in [1.29, 1.82) is 0 Å². The second-order valence-corrected chi connectivity index (χ2v) is 7.60. The van der Waals surface area contributed by atoms with Gasteiger partial charge in [-0.3, -0.25) is 4.79 Å². The molecule has 0 atom stereocenters. The minimum atomic E-state index is -0.433. The van der Waals surface area contributed by atoms with Gasteiger partial charge in [0.05, 0.1) is 23.0 Å². The topological polar surface area (TPSA) is 103 Å². The summed E-state index contributed by atoms with van der Waals surface area (Å²) in [6.07, 6.45) is 1.51. The lowest BCUT2D eigenvalue weighted by Gasteiger charge is -2.08. The molecule has 0 bridgehead atoms. The molecule has 154 valence electrons. The van der Waals surface area contributed by atoms with E-state index in [0.717, 1.165) is 17.0 Å². The number of aryl methyl sites for hydroxylation is 2. The van der Waals surface area contributed by atoms with Crippen LogP contribution in [0, 0.1) is 13.8 Å². The Balaban J connectivity index is 1.82. The highest BCUT2D eigenvalue weighted by Crippen LogP contribution is 2.25. The van der Waals surface area contributed by atoms with E-state index < -0.39 is 5.97 Å². The molecule has 0 spiro atoms. The molecular formula is C19H21BrN4O4S. The van der Waals surface area contributed by atoms with Crippen LogP contribution >= 0.6 is 27.7 Å². The molecule has 0 saturated heterocycles. The van der Waals surface area contributed by atoms with Crippen molar-refractivity contribution in [1.82, 2.24) is 15.4 Å². The van der Waals surface area contributed by atoms with Crippen LogP contribution in [0.25, 0.3) is 0 Å². The molecule has 2 rings (SSSR count). The zero-order valence-electron chi connectivity index (χ0n) is 16.3. The van der Waals surface area contributed by atoms with Gasteiger partial charge in [0.15, 0.2) is 11.8 Å². The molecular weight excluding hydrogens is 460 g/mol. The zero-order chi connectivity index (χ0) is 21.2. The fourth-order valence-corrected chi connectivity index (χ4v) is 3.41. The number of nitrogens with zero attached hydrogens (tertiary/aromatic N) is 3. The number of hydrogen-bond donors (Lipinski definition) is 1. The maximum Gasteiger partial charge on any atom is 0.344 e. The van der Waals surface area contributed by atoms with Gasteiger partial charge in [0.25, 0.3) is 5.91 Å². The summed E-state index contributed by atoms with van der Waals surface area (Å²) in [6.45, 7) is 5.64. The van der Waals surface area contributed by atoms with E-state index in [-0.39, 0.29) is 18.3 Å². The lowest BCUT2D eigenvalue weighted by atomic mass is 10.2. The minimum Gasteiger partial charge on any atom is -0.481 e. The van der Waals surface area contributed by atoms with Crippen molar-refractivity contribution in [2.45, 2.75) is 25.9 Å². The Bertz CT molecular complexity index is 888. The number of esters is 1. The third-order valence-corrected chi connectivity index (χ3v) is 4.77. The van der Waals surface area contributed by atoms with Crippen molar-refractivity contribution < 1.29 is 19.1 Å². The van der Waals surface area contributed by atoms with Gasteiger partial charge in [-0.1, -0.05) is 11.8 Å². The van der Waals surface area contributed by atoms with Crippen molar-refractivity contribution in [2.75, 3.05) is 19.0 Å². The molecule has 29 heavy (non-hydrogen) atoms. The SMILES string of the molecule is CCOC(=O)COc1ccc(/C=N\NC(=O)CSc2nc(C)cc(C)n2)cc1Br. The van der Waals surface area contributed by atoms with E-state index in [4.69, 9.17) is 9.47 Å². The Morgan fingerprint density at radius 2 is 1.97 bits per heavy atom. The smallest absolute Gasteiger partial charge is 0.344 e. The van der Waals surface area contributed by atoms with Gasteiger partial charge < -0.3 is 9.47 Å². The number of hydrogen-bond acceptors (Lipinski definition) is 8. The number of halogens is 1. The molecule has 2 aromatic rings. The predicted molar refractivity (Wildman–Crippen MR) is 114 cm³/mol. The van der Waals surface area contributed by atoms with Gasteiger partial charge in [0.2, 0.25) is 0 Å². The number of amides is 1. The quantitative estimate of drug-likeness (QED) is 0.193. The fourth-order valence-electron chi connectivity index (χ4n) is 2.15. The van der Waals surface area contributed by atoms with Crippen LogP contribution in [0.5, 0.6) is 5.75 Å². The lowest BCUT2D eigenvalue weighted by Crippen LogP contribution is -2.19. The standard InChI is InChI=1S/C19H21BrN4O4S/c1-4-27-18(26)10-28-16-6-5-14(8-15(16)20)9-21-24-17(25)11-29-19-22-12(2)7-13(3)23-19/h5-9H,4,10-11H2,1-3H3,(H,24,25)/b21-9-. The number of hydrazone groups is 1. The number of rotatable bonds is 9. The summed E-state index contributed by atoms with van der Waals surface area (Å²) < 4.78 is 10.9. The summed E-state index contributed by atoms with van der Waals surface area (Å²) in [6, 6.07) is 7.08. The van der Waals surface area contributed by atoms with Crippen LogP contribution in [0.2, 0.25) is 0 Å². The second kappa shape index (κ2) is 11.5. The van der Waals surface area contributed by atoms with Gasteiger partial charge in [0.1, 0.15) is 5.75 Å². The van der Waals surface area contributed by atoms with Gasteiger partial charge in [-0.25, -0.2) is 20.2 Å². The minimum absolute atomic E-state index is 0.157. The first-order valence-electron chi connectivity index (χ1n) is 8.72. The molecule has 0 aliphatic carbocycles. The van der Waals surface area contributed by atoms with Crippen molar-refractivity contribution in [3.8, 4) is 5.75 Å². The summed E-state index contributed by atoms with van der Waals surface area (Å²) in [7, 11) is 0. The first kappa shape index (κ1) is 22.8. The van der Waals surface area contributed by atoms with Crippen LogP contribution in [0.15, 0.2) is 39.0 Å². The Morgan fingerprint density at radius 3 is 2.62 bits per heavy atom. The van der Waals surface area contributed by atoms with E-state index >= 15 is 0 Å². The van der Waals surface area contributed by atoms with Gasteiger partial charge in [0, 0.05) is 11.4 Å². The monoisotopic (exact) mass is 480 g/mol. The average molecular weight is 481 g/mol. The zero-order valence-corrected chi connectivity index (χ0v) is 18.7. The van der Waals surface area contributed by atoms with E-state index in [2.05, 4.69) is 36.4 Å². The molecule has 8 nitrogen and oxygen atoms in total. The second-order valence-electron chi connectivity index (χ2n) is 5.80. The number of benzene rings is 1. The van der Waals surface area contributed by atoms with E-state index in [1.54, 1.807) is 25.1 Å². The van der Waals surface area contributed by atoms with Gasteiger partial charge in [-0.15, -0.1) is 0 Å². The maximum atomic E-state index is 11.9. The van der Waals surface area contributed by atoms with Crippen molar-refractivity contribution in [3.63, 3.8) is 0 Å². The van der Waals surface area contributed by atoms with E-state index in [1.165, 1.54) is 18.0 Å². The normalized spacial score (nSPS) is 10.8. The Kier molecular flexibility index (Phi) is 9.07. The van der Waals surface area contributed by atoms with Crippen LogP contribution < -0.4 is 10.2 Å². The molecule has 0 aliphatic heterocycles. The van der Waals surface area contributed by atoms with E-state index in [9.17, 15) is 9.59 Å². The van der Waals surface area contributed by atoms with Crippen molar-refractivity contribution >= 4 is 45.8 Å². The molecule has 0 aliphatic rings. The molecule has 0 saturated carbocycles. The molecule has 1 amide bonds. The maximum absolute atomic E-state index is 11.9. The number of nitrogens with one attached hydrogen (secondary N) is 1. The summed E-state index contributed by atoms with van der Waals surface area (Å²) in [4.78, 5) is 31.8. The molecule has 1 N–H and O–H groups in total. The van der Waals surface area contributed by atoms with Crippen LogP contribution in [0.3, 0.4) is 0 Å². The van der Waals surface area contributed by atoms with Crippen LogP contribution in [0.4, 0.5) is 0 Å². The van der Waals surface area contributed by atoms with Gasteiger partial charge in [-0.2, -0.15) is 5.10 Å². The summed E-state index contributed by atoms with van der Waals surface area (Å²) in [5, 5.41) is 4.50. The highest BCUT2D eigenvalue weighted by molar-refractivity contribution is 9.10. The molecule has 1 heterocycles. The fraction of sp³-hybridized carbons (Fsp3) is 0.316. The number of carbonyl (C=O) groups is 2. The highest BCUT2D eigenvalue weighted by atomic mass is 79.9. The number of aromatic nitrogens is 2. The van der Waals surface area contributed by atoms with Gasteiger partial charge in [-0.05, 0) is 66.5 Å². The Morgan fingerprint density at radius 1 is 1.24 bits per heavy atom. The molecule has 0 fully saturated rings. The summed E-state index contributed by atoms with van der Waals surface area (Å²) >= 11 is 4.62.